The topological polar surface area (TPSA) is 55.5 Å². The van der Waals surface area contributed by atoms with Crippen molar-refractivity contribution >= 4 is 12.4 Å². The smallest absolute Gasteiger partial charge is 0.508 e. The van der Waals surface area contributed by atoms with E-state index < -0.39 is 18.2 Å². The van der Waals surface area contributed by atoms with E-state index in [4.69, 9.17) is 5.73 Å². The second kappa shape index (κ2) is 5.79. The van der Waals surface area contributed by atoms with Crippen LogP contribution in [0.15, 0.2) is 30.9 Å². The van der Waals surface area contributed by atoms with Gasteiger partial charge >= 0.3 is 6.36 Å². The molecule has 0 aromatic heterocycles. The van der Waals surface area contributed by atoms with Gasteiger partial charge in [0, 0.05) is 5.56 Å². The Morgan fingerprint density at radius 1 is 1.41 bits per heavy atom. The van der Waals surface area contributed by atoms with Gasteiger partial charge in [-0.2, -0.15) is 0 Å². The van der Waals surface area contributed by atoms with Crippen molar-refractivity contribution in [3.8, 4) is 11.5 Å². The highest BCUT2D eigenvalue weighted by Gasteiger charge is 2.31. The minimum Gasteiger partial charge on any atom is -0.508 e. The van der Waals surface area contributed by atoms with Gasteiger partial charge in [0.2, 0.25) is 0 Å². The second-order valence-corrected chi connectivity index (χ2v) is 3.03. The summed E-state index contributed by atoms with van der Waals surface area (Å²) >= 11 is 0. The Labute approximate surface area is 102 Å². The van der Waals surface area contributed by atoms with Crippen LogP contribution in [0.4, 0.5) is 13.2 Å². The average Bonchev–Trinajstić information content (AvgIpc) is 2.18. The summed E-state index contributed by atoms with van der Waals surface area (Å²) in [6, 6.07) is 2.36. The monoisotopic (exact) mass is 269 g/mol. The van der Waals surface area contributed by atoms with Gasteiger partial charge in [0.15, 0.2) is 0 Å². The number of hydrogen-bond donors (Lipinski definition) is 2. The van der Waals surface area contributed by atoms with Gasteiger partial charge in [-0.3, -0.25) is 0 Å². The van der Waals surface area contributed by atoms with Crippen molar-refractivity contribution in [3.05, 3.63) is 36.4 Å². The Balaban J connectivity index is 0.00000256. The number of nitrogens with two attached hydrogens (primary N) is 1. The molecular formula is C10H11ClF3NO2. The molecule has 0 heterocycles. The van der Waals surface area contributed by atoms with E-state index in [9.17, 15) is 18.3 Å². The molecule has 0 radical (unpaired) electrons. The first-order chi connectivity index (χ1) is 7.33. The highest BCUT2D eigenvalue weighted by Crippen LogP contribution is 2.30. The SMILES string of the molecule is C=C[C@H](N)c1cc(OC(F)(F)F)ccc1O.Cl. The third kappa shape index (κ3) is 4.54. The lowest BCUT2D eigenvalue weighted by atomic mass is 10.1. The molecule has 0 unspecified atom stereocenters. The van der Waals surface area contributed by atoms with Crippen molar-refractivity contribution < 1.29 is 23.0 Å². The fourth-order valence-electron chi connectivity index (χ4n) is 1.12. The van der Waals surface area contributed by atoms with Gasteiger partial charge in [-0.25, -0.2) is 0 Å². The molecule has 1 aromatic carbocycles. The summed E-state index contributed by atoms with van der Waals surface area (Å²) in [5, 5.41) is 9.37. The van der Waals surface area contributed by atoms with Gasteiger partial charge in [0.05, 0.1) is 6.04 Å². The third-order valence-electron chi connectivity index (χ3n) is 1.85. The molecule has 0 aliphatic rings. The maximum atomic E-state index is 11.9. The summed E-state index contributed by atoms with van der Waals surface area (Å²) in [5.41, 5.74) is 5.63. The lowest BCUT2D eigenvalue weighted by Gasteiger charge is -2.13. The van der Waals surface area contributed by atoms with Gasteiger partial charge in [-0.1, -0.05) is 6.08 Å². The molecule has 3 N–H and O–H groups in total. The summed E-state index contributed by atoms with van der Waals surface area (Å²) in [4.78, 5) is 0. The Morgan fingerprint density at radius 2 is 2.00 bits per heavy atom. The molecule has 1 atom stereocenters. The number of rotatable bonds is 3. The Hall–Kier alpha value is -1.40. The van der Waals surface area contributed by atoms with Crippen LogP contribution in [0, 0.1) is 0 Å². The number of alkyl halides is 3. The molecule has 0 saturated carbocycles. The summed E-state index contributed by atoms with van der Waals surface area (Å²) in [6.07, 6.45) is -3.47. The minimum atomic E-state index is -4.77. The van der Waals surface area contributed by atoms with Gasteiger partial charge < -0.3 is 15.6 Å². The molecule has 17 heavy (non-hydrogen) atoms. The molecule has 96 valence electrons. The third-order valence-corrected chi connectivity index (χ3v) is 1.85. The number of benzene rings is 1. The molecule has 0 aliphatic carbocycles. The summed E-state index contributed by atoms with van der Waals surface area (Å²) < 4.78 is 39.5. The fraction of sp³-hybridized carbons (Fsp3) is 0.200. The lowest BCUT2D eigenvalue weighted by Crippen LogP contribution is -2.17. The van der Waals surface area contributed by atoms with Crippen LogP contribution in [-0.2, 0) is 0 Å². The van der Waals surface area contributed by atoms with Crippen LogP contribution in [0.5, 0.6) is 11.5 Å². The fourth-order valence-corrected chi connectivity index (χ4v) is 1.12. The van der Waals surface area contributed by atoms with Crippen molar-refractivity contribution in [3.63, 3.8) is 0 Å². The first kappa shape index (κ1) is 15.6. The van der Waals surface area contributed by atoms with E-state index in [2.05, 4.69) is 11.3 Å². The minimum absolute atomic E-state index is 0. The van der Waals surface area contributed by atoms with Crippen LogP contribution < -0.4 is 10.5 Å². The van der Waals surface area contributed by atoms with Crippen LogP contribution in [0.1, 0.15) is 11.6 Å². The van der Waals surface area contributed by atoms with Crippen LogP contribution in [0.2, 0.25) is 0 Å². The molecular weight excluding hydrogens is 259 g/mol. The second-order valence-electron chi connectivity index (χ2n) is 3.03. The van der Waals surface area contributed by atoms with Crippen LogP contribution in [0.25, 0.3) is 0 Å². The van der Waals surface area contributed by atoms with E-state index in [1.807, 2.05) is 0 Å². The molecule has 0 aliphatic heterocycles. The predicted molar refractivity (Wildman–Crippen MR) is 59.2 cm³/mol. The number of hydrogen-bond acceptors (Lipinski definition) is 3. The van der Waals surface area contributed by atoms with Crippen molar-refractivity contribution in [2.24, 2.45) is 5.73 Å². The quantitative estimate of drug-likeness (QED) is 0.830. The maximum Gasteiger partial charge on any atom is 0.573 e. The molecule has 1 rings (SSSR count). The number of phenols is 1. The van der Waals surface area contributed by atoms with Crippen LogP contribution >= 0.6 is 12.4 Å². The molecule has 0 saturated heterocycles. The van der Waals surface area contributed by atoms with Gasteiger partial charge in [0.25, 0.3) is 0 Å². The summed E-state index contributed by atoms with van der Waals surface area (Å²) in [5.74, 6) is -0.639. The first-order valence-corrected chi connectivity index (χ1v) is 4.30. The zero-order chi connectivity index (χ0) is 12.3. The highest BCUT2D eigenvalue weighted by atomic mass is 35.5. The Morgan fingerprint density at radius 3 is 2.47 bits per heavy atom. The largest absolute Gasteiger partial charge is 0.573 e. The summed E-state index contributed by atoms with van der Waals surface area (Å²) in [7, 11) is 0. The Kier molecular flexibility index (Phi) is 5.31. The molecule has 0 fully saturated rings. The van der Waals surface area contributed by atoms with Crippen molar-refractivity contribution in [2.75, 3.05) is 0 Å². The van der Waals surface area contributed by atoms with Gasteiger partial charge in [-0.05, 0) is 18.2 Å². The van der Waals surface area contributed by atoms with Crippen LogP contribution in [-0.4, -0.2) is 11.5 Å². The van der Waals surface area contributed by atoms with Crippen molar-refractivity contribution in [1.29, 1.82) is 0 Å². The molecule has 0 amide bonds. The lowest BCUT2D eigenvalue weighted by molar-refractivity contribution is -0.274. The molecule has 0 bridgehead atoms. The van der Waals surface area contributed by atoms with E-state index in [0.29, 0.717) is 0 Å². The maximum absolute atomic E-state index is 11.9. The standard InChI is InChI=1S/C10H10F3NO2.ClH/c1-2-8(14)7-5-6(3-4-9(7)15)16-10(11,12)13;/h2-5,8,15H,1,14H2;1H/t8-;/m0./s1. The van der Waals surface area contributed by atoms with E-state index in [1.165, 1.54) is 6.08 Å². The zero-order valence-corrected chi connectivity index (χ0v) is 9.39. The number of aromatic hydroxyl groups is 1. The molecule has 3 nitrogen and oxygen atoms in total. The van der Waals surface area contributed by atoms with Crippen molar-refractivity contribution in [1.82, 2.24) is 0 Å². The highest BCUT2D eigenvalue weighted by molar-refractivity contribution is 5.85. The summed E-state index contributed by atoms with van der Waals surface area (Å²) in [6.45, 7) is 3.38. The normalized spacial score (nSPS) is 12.5. The Bertz CT molecular complexity index is 396. The molecule has 7 heteroatoms. The first-order valence-electron chi connectivity index (χ1n) is 4.30. The van der Waals surface area contributed by atoms with E-state index in [1.54, 1.807) is 0 Å². The predicted octanol–water partition coefficient (Wildman–Crippen LogP) is 2.90. The molecule has 0 spiro atoms. The van der Waals surface area contributed by atoms with Crippen molar-refractivity contribution in [2.45, 2.75) is 12.4 Å². The zero-order valence-electron chi connectivity index (χ0n) is 8.57. The van der Waals surface area contributed by atoms with E-state index in [0.717, 1.165) is 18.2 Å². The number of ether oxygens (including phenoxy) is 1. The number of phenolic OH excluding ortho intramolecular Hbond substituents is 1. The van der Waals surface area contributed by atoms with E-state index in [-0.39, 0.29) is 23.7 Å². The van der Waals surface area contributed by atoms with Crippen LogP contribution in [0.3, 0.4) is 0 Å². The molecule has 1 aromatic rings. The van der Waals surface area contributed by atoms with E-state index >= 15 is 0 Å². The average molecular weight is 270 g/mol. The van der Waals surface area contributed by atoms with Gasteiger partial charge in [0.1, 0.15) is 11.5 Å². The van der Waals surface area contributed by atoms with Gasteiger partial charge in [-0.15, -0.1) is 32.2 Å². The number of halogens is 4.